The summed E-state index contributed by atoms with van der Waals surface area (Å²) in [6.07, 6.45) is -0.525. The third-order valence-corrected chi connectivity index (χ3v) is 4.92. The smallest absolute Gasteiger partial charge is 0.267 e. The SMILES string of the molecule is CC1Oc2ccccc2N(CCC(=O)NCC(=O)Nc2ccccc2Br)C1=O. The van der Waals surface area contributed by atoms with E-state index >= 15 is 0 Å². The van der Waals surface area contributed by atoms with Crippen LogP contribution in [0.2, 0.25) is 0 Å². The van der Waals surface area contributed by atoms with Crippen LogP contribution in [0, 0.1) is 0 Å². The number of benzene rings is 2. The van der Waals surface area contributed by atoms with Gasteiger partial charge in [-0.25, -0.2) is 0 Å². The van der Waals surface area contributed by atoms with Crippen molar-refractivity contribution in [1.82, 2.24) is 5.32 Å². The Balaban J connectivity index is 1.51. The molecular formula is C20H20BrN3O4. The molecule has 0 aliphatic carbocycles. The van der Waals surface area contributed by atoms with Crippen molar-refractivity contribution in [2.24, 2.45) is 0 Å². The van der Waals surface area contributed by atoms with Crippen LogP contribution >= 0.6 is 15.9 Å². The predicted molar refractivity (Wildman–Crippen MR) is 109 cm³/mol. The molecule has 0 saturated carbocycles. The van der Waals surface area contributed by atoms with Crippen molar-refractivity contribution in [3.8, 4) is 5.75 Å². The summed E-state index contributed by atoms with van der Waals surface area (Å²) in [6.45, 7) is 1.74. The highest BCUT2D eigenvalue weighted by Gasteiger charge is 2.31. The lowest BCUT2D eigenvalue weighted by Gasteiger charge is -2.32. The number of nitrogens with zero attached hydrogens (tertiary/aromatic N) is 1. The number of rotatable bonds is 6. The molecule has 2 aromatic rings. The van der Waals surface area contributed by atoms with Crippen LogP contribution in [0.5, 0.6) is 5.75 Å². The van der Waals surface area contributed by atoms with E-state index in [1.165, 1.54) is 0 Å². The average molecular weight is 446 g/mol. The number of anilines is 2. The Morgan fingerprint density at radius 1 is 1.11 bits per heavy atom. The highest BCUT2D eigenvalue weighted by molar-refractivity contribution is 9.10. The molecule has 146 valence electrons. The fourth-order valence-corrected chi connectivity index (χ4v) is 3.21. The van der Waals surface area contributed by atoms with Crippen molar-refractivity contribution in [2.75, 3.05) is 23.3 Å². The van der Waals surface area contributed by atoms with E-state index in [4.69, 9.17) is 4.74 Å². The van der Waals surface area contributed by atoms with Crippen molar-refractivity contribution in [3.05, 3.63) is 53.0 Å². The van der Waals surface area contributed by atoms with Gasteiger partial charge in [0.2, 0.25) is 11.8 Å². The van der Waals surface area contributed by atoms with Crippen molar-refractivity contribution in [2.45, 2.75) is 19.4 Å². The van der Waals surface area contributed by atoms with Gasteiger partial charge in [-0.15, -0.1) is 0 Å². The van der Waals surface area contributed by atoms with Crippen molar-refractivity contribution in [1.29, 1.82) is 0 Å². The van der Waals surface area contributed by atoms with Gasteiger partial charge in [0.05, 0.1) is 17.9 Å². The van der Waals surface area contributed by atoms with Gasteiger partial charge in [0.1, 0.15) is 5.75 Å². The van der Waals surface area contributed by atoms with E-state index in [0.29, 0.717) is 17.1 Å². The molecule has 3 rings (SSSR count). The Labute approximate surface area is 171 Å². The van der Waals surface area contributed by atoms with Crippen molar-refractivity contribution < 1.29 is 19.1 Å². The van der Waals surface area contributed by atoms with Gasteiger partial charge in [-0.05, 0) is 47.1 Å². The lowest BCUT2D eigenvalue weighted by molar-refractivity contribution is -0.126. The van der Waals surface area contributed by atoms with Gasteiger partial charge in [-0.3, -0.25) is 14.4 Å². The third-order valence-electron chi connectivity index (χ3n) is 4.23. The van der Waals surface area contributed by atoms with Crippen LogP contribution in [0.15, 0.2) is 53.0 Å². The minimum absolute atomic E-state index is 0.0785. The van der Waals surface area contributed by atoms with Crippen molar-refractivity contribution >= 4 is 45.0 Å². The van der Waals surface area contributed by atoms with Crippen LogP contribution in [0.3, 0.4) is 0 Å². The third kappa shape index (κ3) is 4.69. The second-order valence-corrected chi connectivity index (χ2v) is 7.13. The molecule has 0 fully saturated rings. The number of nitrogens with one attached hydrogen (secondary N) is 2. The van der Waals surface area contributed by atoms with Gasteiger partial charge < -0.3 is 20.3 Å². The van der Waals surface area contributed by atoms with E-state index in [2.05, 4.69) is 26.6 Å². The summed E-state index contributed by atoms with van der Waals surface area (Å²) in [7, 11) is 0. The molecule has 0 spiro atoms. The Kier molecular flexibility index (Phi) is 6.30. The van der Waals surface area contributed by atoms with Crippen LogP contribution < -0.4 is 20.3 Å². The van der Waals surface area contributed by atoms with Gasteiger partial charge in [0.25, 0.3) is 5.91 Å². The van der Waals surface area contributed by atoms with Gasteiger partial charge in [0, 0.05) is 17.4 Å². The largest absolute Gasteiger partial charge is 0.479 e. The lowest BCUT2D eigenvalue weighted by atomic mass is 10.1. The molecule has 2 N–H and O–H groups in total. The fourth-order valence-electron chi connectivity index (χ4n) is 2.83. The van der Waals surface area contributed by atoms with E-state index in [0.717, 1.165) is 4.47 Å². The molecular weight excluding hydrogens is 426 g/mol. The summed E-state index contributed by atoms with van der Waals surface area (Å²) in [5.74, 6) is -0.227. The zero-order valence-electron chi connectivity index (χ0n) is 15.3. The molecule has 0 radical (unpaired) electrons. The van der Waals surface area contributed by atoms with Gasteiger partial charge >= 0.3 is 0 Å². The second-order valence-electron chi connectivity index (χ2n) is 6.27. The molecule has 1 atom stereocenters. The van der Waals surface area contributed by atoms with Gasteiger partial charge in [0.15, 0.2) is 6.10 Å². The standard InChI is InChI=1S/C20H20BrN3O4/c1-13-20(27)24(16-8-4-5-9-17(16)28-13)11-10-18(25)22-12-19(26)23-15-7-3-2-6-14(15)21/h2-9,13H,10-12H2,1H3,(H,22,25)(H,23,26). The number of carbonyl (C=O) groups is 3. The highest BCUT2D eigenvalue weighted by atomic mass is 79.9. The first-order valence-electron chi connectivity index (χ1n) is 8.84. The molecule has 3 amide bonds. The molecule has 1 aliphatic heterocycles. The molecule has 2 aromatic carbocycles. The van der Waals surface area contributed by atoms with E-state index < -0.39 is 6.10 Å². The Morgan fingerprint density at radius 3 is 2.61 bits per heavy atom. The maximum Gasteiger partial charge on any atom is 0.267 e. The van der Waals surface area contributed by atoms with Gasteiger partial charge in [-0.2, -0.15) is 0 Å². The Bertz CT molecular complexity index is 903. The number of para-hydroxylation sites is 3. The molecule has 0 saturated heterocycles. The summed E-state index contributed by atoms with van der Waals surface area (Å²) in [5, 5.41) is 5.29. The number of fused-ring (bicyclic) bond motifs is 1. The average Bonchev–Trinajstić information content (AvgIpc) is 2.68. The van der Waals surface area contributed by atoms with E-state index in [1.54, 1.807) is 36.1 Å². The monoisotopic (exact) mass is 445 g/mol. The summed E-state index contributed by atoms with van der Waals surface area (Å²) < 4.78 is 6.34. The topological polar surface area (TPSA) is 87.7 Å². The number of amides is 3. The number of hydrogen-bond donors (Lipinski definition) is 2. The molecule has 8 heteroatoms. The molecule has 28 heavy (non-hydrogen) atoms. The minimum atomic E-state index is -0.604. The van der Waals surface area contributed by atoms with Crippen LogP contribution in [-0.2, 0) is 14.4 Å². The molecule has 0 bridgehead atoms. The molecule has 1 unspecified atom stereocenters. The number of halogens is 1. The molecule has 1 heterocycles. The minimum Gasteiger partial charge on any atom is -0.479 e. The summed E-state index contributed by atoms with van der Waals surface area (Å²) >= 11 is 3.35. The first-order chi connectivity index (χ1) is 13.5. The molecule has 1 aliphatic rings. The fraction of sp³-hybridized carbons (Fsp3) is 0.250. The summed E-state index contributed by atoms with van der Waals surface area (Å²) in [4.78, 5) is 38.1. The van der Waals surface area contributed by atoms with Crippen LogP contribution in [0.1, 0.15) is 13.3 Å². The lowest BCUT2D eigenvalue weighted by Crippen LogP contribution is -2.46. The Morgan fingerprint density at radius 2 is 1.82 bits per heavy atom. The molecule has 7 nitrogen and oxygen atoms in total. The number of carbonyl (C=O) groups excluding carboxylic acids is 3. The molecule has 0 aromatic heterocycles. The second kappa shape index (κ2) is 8.88. The normalized spacial score (nSPS) is 15.4. The first kappa shape index (κ1) is 19.9. The highest BCUT2D eigenvalue weighted by Crippen LogP contribution is 2.33. The first-order valence-corrected chi connectivity index (χ1v) is 9.63. The maximum atomic E-state index is 12.4. The zero-order valence-corrected chi connectivity index (χ0v) is 16.9. The predicted octanol–water partition coefficient (Wildman–Crippen LogP) is 2.71. The van der Waals surface area contributed by atoms with Crippen LogP contribution in [0.25, 0.3) is 0 Å². The quantitative estimate of drug-likeness (QED) is 0.715. The van der Waals surface area contributed by atoms with Gasteiger partial charge in [-0.1, -0.05) is 24.3 Å². The van der Waals surface area contributed by atoms with Crippen molar-refractivity contribution in [3.63, 3.8) is 0 Å². The van der Waals surface area contributed by atoms with E-state index in [9.17, 15) is 14.4 Å². The zero-order chi connectivity index (χ0) is 20.1. The van der Waals surface area contributed by atoms with E-state index in [1.807, 2.05) is 24.3 Å². The van der Waals surface area contributed by atoms with Crippen LogP contribution in [0.4, 0.5) is 11.4 Å². The summed E-state index contributed by atoms with van der Waals surface area (Å²) in [6, 6.07) is 14.4. The number of ether oxygens (including phenoxy) is 1. The summed E-state index contributed by atoms with van der Waals surface area (Å²) in [5.41, 5.74) is 1.27. The maximum absolute atomic E-state index is 12.4. The Hall–Kier alpha value is -2.87. The van der Waals surface area contributed by atoms with E-state index in [-0.39, 0.29) is 37.2 Å². The van der Waals surface area contributed by atoms with Crippen LogP contribution in [-0.4, -0.2) is 36.9 Å². The number of hydrogen-bond acceptors (Lipinski definition) is 4.